The third-order valence-corrected chi connectivity index (χ3v) is 16.7. The van der Waals surface area contributed by atoms with Crippen molar-refractivity contribution in [2.24, 2.45) is 0 Å². The van der Waals surface area contributed by atoms with Crippen LogP contribution in [0.25, 0.3) is 0 Å². The van der Waals surface area contributed by atoms with E-state index >= 15 is 0 Å². The Morgan fingerprint density at radius 2 is 0.907 bits per heavy atom. The standard InChI is InChI=1S/C11H24O4Si.C9H20O4Si.C9H20O3Si/c1-4-14-16(3,15-5-2)8-6-7-12-9-11-10-13-11;1-10-14(3,11-2)6-4-5-12-7-9-8-13-9;1-10-13(3,11-2)7-5-4-6-9-8-12-9/h11H,4-10H2,1-3H3;9H,4-8H2,1-3H3;9H,4-8H2,1-3H3. The first-order valence-electron chi connectivity index (χ1n) is 16.1. The summed E-state index contributed by atoms with van der Waals surface area (Å²) in [4.78, 5) is 0. The maximum absolute atomic E-state index is 5.75. The van der Waals surface area contributed by atoms with Crippen LogP contribution in [0.4, 0.5) is 0 Å². The normalized spacial score (nSPS) is 21.0. The van der Waals surface area contributed by atoms with Crippen LogP contribution >= 0.6 is 0 Å². The van der Waals surface area contributed by atoms with Gasteiger partial charge in [0, 0.05) is 54.9 Å². The smallest absolute Gasteiger partial charge is 0.334 e. The average Bonchev–Trinajstić information content (AvgIpc) is 3.84. The zero-order valence-corrected chi connectivity index (χ0v) is 31.7. The minimum absolute atomic E-state index is 0.363. The molecule has 14 heteroatoms. The van der Waals surface area contributed by atoms with Crippen LogP contribution in [0.2, 0.25) is 37.8 Å². The van der Waals surface area contributed by atoms with Crippen molar-refractivity contribution in [3.8, 4) is 0 Å². The maximum Gasteiger partial charge on any atom is 0.334 e. The third kappa shape index (κ3) is 22.4. The lowest BCUT2D eigenvalue weighted by Crippen LogP contribution is -2.38. The lowest BCUT2D eigenvalue weighted by molar-refractivity contribution is 0.113. The molecule has 3 aliphatic heterocycles. The number of epoxide rings is 3. The van der Waals surface area contributed by atoms with Crippen molar-refractivity contribution < 1.29 is 50.2 Å². The van der Waals surface area contributed by atoms with Crippen LogP contribution in [-0.4, -0.2) is 132 Å². The van der Waals surface area contributed by atoms with Gasteiger partial charge >= 0.3 is 25.7 Å². The highest BCUT2D eigenvalue weighted by molar-refractivity contribution is 6.66. The van der Waals surface area contributed by atoms with E-state index in [1.165, 1.54) is 19.3 Å². The summed E-state index contributed by atoms with van der Waals surface area (Å²) in [6, 6.07) is 3.07. The fourth-order valence-electron chi connectivity index (χ4n) is 4.17. The van der Waals surface area contributed by atoms with E-state index in [0.717, 1.165) is 90.4 Å². The van der Waals surface area contributed by atoms with E-state index in [1.54, 1.807) is 28.4 Å². The van der Waals surface area contributed by atoms with Crippen molar-refractivity contribution in [3.05, 3.63) is 0 Å². The highest BCUT2D eigenvalue weighted by Crippen LogP contribution is 2.21. The third-order valence-electron chi connectivity index (χ3n) is 7.69. The number of unbranched alkanes of at least 4 members (excludes halogenated alkanes) is 1. The van der Waals surface area contributed by atoms with Crippen LogP contribution in [-0.2, 0) is 50.2 Å². The summed E-state index contributed by atoms with van der Waals surface area (Å²) in [7, 11) is 1.35. The fraction of sp³-hybridized carbons (Fsp3) is 1.00. The molecule has 0 aromatic heterocycles. The molecule has 0 bridgehead atoms. The van der Waals surface area contributed by atoms with Gasteiger partial charge in [0.25, 0.3) is 0 Å². The molecule has 3 aliphatic rings. The molecular weight excluding hydrogens is 609 g/mol. The van der Waals surface area contributed by atoms with Crippen molar-refractivity contribution in [1.82, 2.24) is 0 Å². The van der Waals surface area contributed by atoms with Gasteiger partial charge in [0.1, 0.15) is 12.2 Å². The Morgan fingerprint density at radius 1 is 0.535 bits per heavy atom. The number of ether oxygens (including phenoxy) is 5. The van der Waals surface area contributed by atoms with Gasteiger partial charge in [0.05, 0.1) is 39.1 Å². The van der Waals surface area contributed by atoms with Gasteiger partial charge in [-0.25, -0.2) is 0 Å². The molecule has 0 N–H and O–H groups in total. The second-order valence-electron chi connectivity index (χ2n) is 11.6. The SMILES string of the molecule is CCO[Si](C)(CCCOCC1CO1)OCC.CO[Si](C)(CCCCC1CO1)OC.CO[Si](C)(CCCOCC1CO1)OC. The summed E-state index contributed by atoms with van der Waals surface area (Å²) in [6.45, 7) is 17.5. The van der Waals surface area contributed by atoms with E-state index in [-0.39, 0.29) is 0 Å². The van der Waals surface area contributed by atoms with Crippen molar-refractivity contribution in [3.63, 3.8) is 0 Å². The molecule has 0 aromatic carbocycles. The van der Waals surface area contributed by atoms with Gasteiger partial charge in [-0.1, -0.05) is 12.8 Å². The van der Waals surface area contributed by atoms with Crippen molar-refractivity contribution >= 4 is 25.7 Å². The first-order chi connectivity index (χ1) is 20.6. The monoisotopic (exact) mass is 672 g/mol. The quantitative estimate of drug-likeness (QED) is 0.0741. The lowest BCUT2D eigenvalue weighted by Gasteiger charge is -2.25. The lowest BCUT2D eigenvalue weighted by atomic mass is 10.2. The van der Waals surface area contributed by atoms with E-state index in [4.69, 9.17) is 50.2 Å². The van der Waals surface area contributed by atoms with E-state index in [1.807, 2.05) is 13.8 Å². The molecule has 3 fully saturated rings. The highest BCUT2D eigenvalue weighted by atomic mass is 28.4. The molecule has 3 rings (SSSR count). The number of hydrogen-bond acceptors (Lipinski definition) is 11. The van der Waals surface area contributed by atoms with E-state index < -0.39 is 25.7 Å². The van der Waals surface area contributed by atoms with Crippen LogP contribution in [0.1, 0.15) is 46.0 Å². The Kier molecular flexibility index (Phi) is 22.6. The molecule has 3 heterocycles. The predicted molar refractivity (Wildman–Crippen MR) is 175 cm³/mol. The maximum atomic E-state index is 5.75. The van der Waals surface area contributed by atoms with Gasteiger partial charge < -0.3 is 50.2 Å². The molecular formula is C29H64O11Si3. The van der Waals surface area contributed by atoms with E-state index in [0.29, 0.717) is 18.3 Å². The van der Waals surface area contributed by atoms with Gasteiger partial charge in [-0.15, -0.1) is 0 Å². The van der Waals surface area contributed by atoms with Gasteiger partial charge in [0.15, 0.2) is 0 Å². The van der Waals surface area contributed by atoms with Crippen LogP contribution in [0, 0.1) is 0 Å². The minimum atomic E-state index is -1.92. The molecule has 0 spiro atoms. The predicted octanol–water partition coefficient (Wildman–Crippen LogP) is 5.01. The molecule has 11 nitrogen and oxygen atoms in total. The van der Waals surface area contributed by atoms with Gasteiger partial charge in [-0.3, -0.25) is 0 Å². The first kappa shape index (κ1) is 41.2. The topological polar surface area (TPSA) is 111 Å². The Labute approximate surface area is 265 Å². The Morgan fingerprint density at radius 3 is 1.26 bits per heavy atom. The Bertz CT molecular complexity index is 654. The second kappa shape index (κ2) is 23.5. The average molecular weight is 673 g/mol. The van der Waals surface area contributed by atoms with Gasteiger partial charge in [0.2, 0.25) is 0 Å². The molecule has 0 aromatic rings. The summed E-state index contributed by atoms with van der Waals surface area (Å²) in [5, 5.41) is 0. The van der Waals surface area contributed by atoms with Gasteiger partial charge in [-0.2, -0.15) is 0 Å². The molecule has 0 amide bonds. The van der Waals surface area contributed by atoms with Gasteiger partial charge in [-0.05, 0) is 70.9 Å². The van der Waals surface area contributed by atoms with Crippen LogP contribution < -0.4 is 0 Å². The summed E-state index contributed by atoms with van der Waals surface area (Å²) in [6.07, 6.45) is 6.94. The Balaban J connectivity index is 0.000000324. The molecule has 258 valence electrons. The van der Waals surface area contributed by atoms with Crippen molar-refractivity contribution in [1.29, 1.82) is 0 Å². The Hall–Kier alpha value is 0.211. The molecule has 3 saturated heterocycles. The van der Waals surface area contributed by atoms with Crippen molar-refractivity contribution in [2.75, 3.05) is 87.9 Å². The molecule has 0 aliphatic carbocycles. The zero-order valence-electron chi connectivity index (χ0n) is 28.7. The molecule has 43 heavy (non-hydrogen) atoms. The molecule has 0 radical (unpaired) electrons. The highest BCUT2D eigenvalue weighted by Gasteiger charge is 2.31. The van der Waals surface area contributed by atoms with E-state index in [9.17, 15) is 0 Å². The summed E-state index contributed by atoms with van der Waals surface area (Å²) in [5.41, 5.74) is 0. The summed E-state index contributed by atoms with van der Waals surface area (Å²) < 4.78 is 59.2. The zero-order chi connectivity index (χ0) is 32.0. The molecule has 3 atom stereocenters. The fourth-order valence-corrected chi connectivity index (χ4v) is 9.38. The molecule has 0 saturated carbocycles. The van der Waals surface area contributed by atoms with Crippen LogP contribution in [0.5, 0.6) is 0 Å². The van der Waals surface area contributed by atoms with E-state index in [2.05, 4.69) is 19.6 Å². The number of rotatable bonds is 25. The largest absolute Gasteiger partial charge is 0.398 e. The number of hydrogen-bond donors (Lipinski definition) is 0. The molecule has 3 unspecified atom stereocenters. The first-order valence-corrected chi connectivity index (χ1v) is 23.7. The van der Waals surface area contributed by atoms with Crippen LogP contribution in [0.15, 0.2) is 0 Å². The van der Waals surface area contributed by atoms with Crippen LogP contribution in [0.3, 0.4) is 0 Å². The second-order valence-corrected chi connectivity index (χ2v) is 22.1. The van der Waals surface area contributed by atoms with Crippen molar-refractivity contribution in [2.45, 2.75) is 102 Å². The minimum Gasteiger partial charge on any atom is -0.398 e. The summed E-state index contributed by atoms with van der Waals surface area (Å²) in [5.74, 6) is 0. The summed E-state index contributed by atoms with van der Waals surface area (Å²) >= 11 is 0.